The number of aliphatic hydroxyl groups is 1. The molecule has 4 atom stereocenters. The molecule has 164 valence electrons. The number of hydrogen-bond acceptors (Lipinski definition) is 4. The predicted molar refractivity (Wildman–Crippen MR) is 122 cm³/mol. The number of aryl methyl sites for hydroxylation is 1. The number of carbonyl (C=O) groups is 1. The van der Waals surface area contributed by atoms with Gasteiger partial charge in [0.2, 0.25) is 5.91 Å². The Balaban J connectivity index is 1.12. The number of fused-ring (bicyclic) bond motifs is 1. The van der Waals surface area contributed by atoms with Gasteiger partial charge in [-0.15, -0.1) is 0 Å². The van der Waals surface area contributed by atoms with Gasteiger partial charge in [0.25, 0.3) is 0 Å². The van der Waals surface area contributed by atoms with Gasteiger partial charge in [-0.05, 0) is 80.4 Å². The summed E-state index contributed by atoms with van der Waals surface area (Å²) in [4.78, 5) is 22.5. The smallest absolute Gasteiger partial charge is 0.223 e. The fourth-order valence-electron chi connectivity index (χ4n) is 7.72. The van der Waals surface area contributed by atoms with Crippen molar-refractivity contribution in [3.05, 3.63) is 35.9 Å². The van der Waals surface area contributed by atoms with Gasteiger partial charge in [0.05, 0.1) is 11.1 Å². The molecule has 5 fully saturated rings. The van der Waals surface area contributed by atoms with E-state index >= 15 is 0 Å². The van der Waals surface area contributed by atoms with E-state index in [0.717, 1.165) is 69.6 Å². The van der Waals surface area contributed by atoms with Crippen LogP contribution in [0.25, 0.3) is 10.9 Å². The Morgan fingerprint density at radius 1 is 1.10 bits per heavy atom. The molecule has 5 nitrogen and oxygen atoms in total. The van der Waals surface area contributed by atoms with Crippen molar-refractivity contribution >= 4 is 22.6 Å². The fraction of sp³-hybridized carbons (Fsp3) is 0.615. The molecule has 5 aliphatic rings. The van der Waals surface area contributed by atoms with Crippen molar-refractivity contribution in [3.8, 4) is 0 Å². The number of piperazine rings is 1. The maximum Gasteiger partial charge on any atom is 0.223 e. The number of nitrogens with zero attached hydrogens (tertiary/aromatic N) is 3. The molecule has 2 heterocycles. The maximum atomic E-state index is 13.3. The number of benzene rings is 1. The molecule has 5 heteroatoms. The number of para-hydroxylation sites is 1. The van der Waals surface area contributed by atoms with Crippen molar-refractivity contribution < 1.29 is 9.90 Å². The van der Waals surface area contributed by atoms with Crippen LogP contribution in [0.15, 0.2) is 30.3 Å². The minimum atomic E-state index is -0.483. The summed E-state index contributed by atoms with van der Waals surface area (Å²) >= 11 is 0. The average Bonchev–Trinajstić information content (AvgIpc) is 2.72. The zero-order valence-electron chi connectivity index (χ0n) is 18.5. The van der Waals surface area contributed by atoms with E-state index in [0.29, 0.717) is 24.2 Å². The highest BCUT2D eigenvalue weighted by atomic mass is 16.3. The summed E-state index contributed by atoms with van der Waals surface area (Å²) in [7, 11) is 0. The number of rotatable bonds is 3. The number of amides is 1. The number of anilines is 1. The van der Waals surface area contributed by atoms with Gasteiger partial charge in [0, 0.05) is 38.0 Å². The van der Waals surface area contributed by atoms with Crippen molar-refractivity contribution in [2.24, 2.45) is 17.3 Å². The molecule has 2 aromatic rings. The van der Waals surface area contributed by atoms with Gasteiger partial charge < -0.3 is 14.9 Å². The van der Waals surface area contributed by atoms with Crippen LogP contribution < -0.4 is 4.90 Å². The normalized spacial score (nSPS) is 34.5. The molecule has 1 N–H and O–H groups in total. The van der Waals surface area contributed by atoms with E-state index in [1.807, 2.05) is 6.07 Å². The van der Waals surface area contributed by atoms with Crippen LogP contribution in [0.4, 0.5) is 5.82 Å². The van der Waals surface area contributed by atoms with Crippen molar-refractivity contribution in [3.63, 3.8) is 0 Å². The van der Waals surface area contributed by atoms with Gasteiger partial charge in [-0.1, -0.05) is 18.2 Å². The molecule has 1 aromatic carbocycles. The highest BCUT2D eigenvalue weighted by molar-refractivity contribution is 5.84. The summed E-state index contributed by atoms with van der Waals surface area (Å²) < 4.78 is 0. The van der Waals surface area contributed by atoms with E-state index in [2.05, 4.69) is 41.0 Å². The summed E-state index contributed by atoms with van der Waals surface area (Å²) in [5.41, 5.74) is 1.86. The average molecular weight is 420 g/mol. The molecule has 1 amide bonds. The van der Waals surface area contributed by atoms with Gasteiger partial charge in [0.15, 0.2) is 0 Å². The number of aromatic nitrogens is 1. The second-order valence-corrected chi connectivity index (χ2v) is 11.0. The third-order valence-corrected chi connectivity index (χ3v) is 8.54. The first kappa shape index (κ1) is 19.5. The molecule has 1 aliphatic heterocycles. The van der Waals surface area contributed by atoms with Crippen LogP contribution in [0.3, 0.4) is 0 Å². The number of pyridine rings is 1. The summed E-state index contributed by atoms with van der Waals surface area (Å²) in [5, 5.41) is 12.2. The number of carbonyl (C=O) groups excluding carboxylic acids is 1. The van der Waals surface area contributed by atoms with Crippen molar-refractivity contribution in [1.82, 2.24) is 9.88 Å². The Labute approximate surface area is 184 Å². The summed E-state index contributed by atoms with van der Waals surface area (Å²) in [5.74, 6) is 2.59. The quantitative estimate of drug-likeness (QED) is 0.819. The second kappa shape index (κ2) is 6.93. The Morgan fingerprint density at radius 2 is 1.81 bits per heavy atom. The lowest BCUT2D eigenvalue weighted by molar-refractivity contribution is -0.172. The highest BCUT2D eigenvalue weighted by Crippen LogP contribution is 2.62. The molecule has 4 saturated carbocycles. The molecule has 4 aliphatic carbocycles. The molecule has 1 aromatic heterocycles. The van der Waals surface area contributed by atoms with Crippen LogP contribution in [0.5, 0.6) is 0 Å². The summed E-state index contributed by atoms with van der Waals surface area (Å²) in [6.45, 7) is 5.34. The monoisotopic (exact) mass is 419 g/mol. The molecule has 31 heavy (non-hydrogen) atoms. The summed E-state index contributed by atoms with van der Waals surface area (Å²) in [6, 6.07) is 10.5. The lowest BCUT2D eigenvalue weighted by Gasteiger charge is -2.60. The molecule has 2 unspecified atom stereocenters. The molecule has 1 saturated heterocycles. The second-order valence-electron chi connectivity index (χ2n) is 11.0. The van der Waals surface area contributed by atoms with E-state index in [1.165, 1.54) is 17.4 Å². The third-order valence-electron chi connectivity index (χ3n) is 8.54. The zero-order chi connectivity index (χ0) is 21.2. The van der Waals surface area contributed by atoms with Gasteiger partial charge in [-0.25, -0.2) is 4.98 Å². The lowest BCUT2D eigenvalue weighted by atomic mass is 9.47. The molecule has 7 rings (SSSR count). The van der Waals surface area contributed by atoms with E-state index in [9.17, 15) is 9.90 Å². The molecule has 0 radical (unpaired) electrons. The van der Waals surface area contributed by atoms with Crippen LogP contribution in [0.1, 0.15) is 50.5 Å². The molecular formula is C26H33N3O2. The van der Waals surface area contributed by atoms with Crippen LogP contribution in [0.2, 0.25) is 0 Å². The van der Waals surface area contributed by atoms with Crippen molar-refractivity contribution in [2.75, 3.05) is 31.1 Å². The Hall–Kier alpha value is -2.14. The first-order chi connectivity index (χ1) is 14.9. The van der Waals surface area contributed by atoms with Crippen LogP contribution in [-0.4, -0.2) is 52.7 Å². The van der Waals surface area contributed by atoms with E-state index in [1.54, 1.807) is 0 Å². The van der Waals surface area contributed by atoms with E-state index in [4.69, 9.17) is 4.98 Å². The molecular weight excluding hydrogens is 386 g/mol. The van der Waals surface area contributed by atoms with Gasteiger partial charge in [-0.2, -0.15) is 0 Å². The summed E-state index contributed by atoms with van der Waals surface area (Å²) in [6.07, 6.45) is 6.99. The van der Waals surface area contributed by atoms with Crippen molar-refractivity contribution in [2.45, 2.75) is 57.5 Å². The topological polar surface area (TPSA) is 56.7 Å². The maximum absolute atomic E-state index is 13.3. The van der Waals surface area contributed by atoms with Crippen LogP contribution in [0, 0.1) is 24.2 Å². The Kier molecular flexibility index (Phi) is 4.37. The standard InChI is InChI=1S/C26H33N3O2/c1-18-10-23(27-22-5-3-2-4-21(18)22)28-6-8-29(9-7-28)24(30)16-25-12-19-11-20(13-25)15-26(31,14-19)17-25/h2-5,10,19-20,31H,6-9,11-17H2,1H3/t19-,20+,25?,26?. The minimum Gasteiger partial charge on any atom is -0.390 e. The predicted octanol–water partition coefficient (Wildman–Crippen LogP) is 3.91. The van der Waals surface area contributed by atoms with Crippen LogP contribution in [-0.2, 0) is 4.79 Å². The van der Waals surface area contributed by atoms with Crippen LogP contribution >= 0.6 is 0 Å². The fourth-order valence-corrected chi connectivity index (χ4v) is 7.72. The first-order valence-electron chi connectivity index (χ1n) is 12.0. The van der Waals surface area contributed by atoms with Gasteiger partial charge in [-0.3, -0.25) is 4.79 Å². The van der Waals surface area contributed by atoms with Gasteiger partial charge in [0.1, 0.15) is 5.82 Å². The van der Waals surface area contributed by atoms with E-state index in [-0.39, 0.29) is 5.41 Å². The zero-order valence-corrected chi connectivity index (χ0v) is 18.5. The molecule has 0 spiro atoms. The SMILES string of the molecule is Cc1cc(N2CCN(C(=O)CC34C[C@@H]5C[C@@H](CC(O)(C5)C3)C4)CC2)nc2ccccc12. The van der Waals surface area contributed by atoms with E-state index < -0.39 is 5.60 Å². The molecule has 4 bridgehead atoms. The minimum absolute atomic E-state index is 0.0596. The largest absolute Gasteiger partial charge is 0.390 e. The Bertz CT molecular complexity index is 1010. The third kappa shape index (κ3) is 3.42. The lowest BCUT2D eigenvalue weighted by Crippen LogP contribution is -2.57. The van der Waals surface area contributed by atoms with Crippen molar-refractivity contribution in [1.29, 1.82) is 0 Å². The van der Waals surface area contributed by atoms with Gasteiger partial charge >= 0.3 is 0 Å². The first-order valence-corrected chi connectivity index (χ1v) is 12.0. The number of hydrogen-bond donors (Lipinski definition) is 1. The highest BCUT2D eigenvalue weighted by Gasteiger charge is 2.57. The Morgan fingerprint density at radius 3 is 2.52 bits per heavy atom.